The molecule has 1 aliphatic heterocycles. The fraction of sp³-hybridized carbons (Fsp3) is 0.474. The van der Waals surface area contributed by atoms with Gasteiger partial charge in [-0.2, -0.15) is 0 Å². The van der Waals surface area contributed by atoms with Crippen molar-refractivity contribution in [1.82, 2.24) is 15.4 Å². The normalized spacial score (nSPS) is 20.0. The topological polar surface area (TPSA) is 97.1 Å². The molecule has 146 valence electrons. The minimum Gasteiger partial charge on any atom is -0.493 e. The zero-order chi connectivity index (χ0) is 19.3. The quantitative estimate of drug-likeness (QED) is 0.718. The van der Waals surface area contributed by atoms with Crippen LogP contribution in [0.15, 0.2) is 35.0 Å². The van der Waals surface area contributed by atoms with Crippen molar-refractivity contribution < 1.29 is 23.9 Å². The Bertz CT molecular complexity index is 765. The van der Waals surface area contributed by atoms with Gasteiger partial charge in [-0.05, 0) is 18.9 Å². The van der Waals surface area contributed by atoms with E-state index in [-0.39, 0.29) is 12.5 Å². The minimum absolute atomic E-state index is 0.151. The SMILES string of the molecule is COc1cccc(CN2CCC[C@](O)(CNCc3ccno3)C2=O)c1OC. The van der Waals surface area contributed by atoms with Crippen LogP contribution < -0.4 is 14.8 Å². The summed E-state index contributed by atoms with van der Waals surface area (Å²) < 4.78 is 15.8. The maximum absolute atomic E-state index is 12.9. The molecule has 0 unspecified atom stereocenters. The van der Waals surface area contributed by atoms with Gasteiger partial charge in [0.05, 0.1) is 27.0 Å². The molecule has 1 saturated heterocycles. The smallest absolute Gasteiger partial charge is 0.256 e. The van der Waals surface area contributed by atoms with Crippen LogP contribution in [-0.2, 0) is 17.9 Å². The van der Waals surface area contributed by atoms with E-state index in [9.17, 15) is 9.90 Å². The molecule has 27 heavy (non-hydrogen) atoms. The van der Waals surface area contributed by atoms with Gasteiger partial charge >= 0.3 is 0 Å². The van der Waals surface area contributed by atoms with Gasteiger partial charge in [-0.25, -0.2) is 0 Å². The predicted octanol–water partition coefficient (Wildman–Crippen LogP) is 1.34. The highest BCUT2D eigenvalue weighted by molar-refractivity contribution is 5.86. The molecule has 0 bridgehead atoms. The Morgan fingerprint density at radius 3 is 2.89 bits per heavy atom. The fourth-order valence-corrected chi connectivity index (χ4v) is 3.39. The molecule has 1 aromatic heterocycles. The van der Waals surface area contributed by atoms with Gasteiger partial charge in [0.2, 0.25) is 0 Å². The number of aromatic nitrogens is 1. The molecule has 2 heterocycles. The summed E-state index contributed by atoms with van der Waals surface area (Å²) in [6.45, 7) is 1.49. The summed E-state index contributed by atoms with van der Waals surface area (Å²) >= 11 is 0. The molecule has 8 heteroatoms. The second-order valence-electron chi connectivity index (χ2n) is 6.60. The molecule has 0 spiro atoms. The number of piperidine rings is 1. The number of hydrogen-bond donors (Lipinski definition) is 2. The number of nitrogens with one attached hydrogen (secondary N) is 1. The number of likely N-dealkylation sites (tertiary alicyclic amines) is 1. The first-order valence-corrected chi connectivity index (χ1v) is 8.89. The average molecular weight is 375 g/mol. The van der Waals surface area contributed by atoms with Crippen molar-refractivity contribution in [2.75, 3.05) is 27.3 Å². The number of ether oxygens (including phenoxy) is 2. The number of aliphatic hydroxyl groups is 1. The highest BCUT2D eigenvalue weighted by Crippen LogP contribution is 2.33. The molecule has 1 atom stereocenters. The van der Waals surface area contributed by atoms with Crippen molar-refractivity contribution >= 4 is 5.91 Å². The predicted molar refractivity (Wildman–Crippen MR) is 97.4 cm³/mol. The van der Waals surface area contributed by atoms with Crippen LogP contribution in [0.1, 0.15) is 24.2 Å². The average Bonchev–Trinajstić information content (AvgIpc) is 3.19. The third kappa shape index (κ3) is 4.23. The summed E-state index contributed by atoms with van der Waals surface area (Å²) in [5.74, 6) is 1.58. The van der Waals surface area contributed by atoms with Crippen LogP contribution in [0.2, 0.25) is 0 Å². The van der Waals surface area contributed by atoms with Gasteiger partial charge in [0, 0.05) is 31.3 Å². The van der Waals surface area contributed by atoms with Crippen LogP contribution in [0.25, 0.3) is 0 Å². The van der Waals surface area contributed by atoms with Gasteiger partial charge in [0.25, 0.3) is 5.91 Å². The van der Waals surface area contributed by atoms with Gasteiger partial charge in [0.15, 0.2) is 17.1 Å². The van der Waals surface area contributed by atoms with E-state index in [1.807, 2.05) is 18.2 Å². The second kappa shape index (κ2) is 8.41. The molecule has 2 N–H and O–H groups in total. The Morgan fingerprint density at radius 1 is 1.33 bits per heavy atom. The first-order chi connectivity index (χ1) is 13.1. The van der Waals surface area contributed by atoms with E-state index in [1.165, 1.54) is 0 Å². The van der Waals surface area contributed by atoms with Crippen LogP contribution in [-0.4, -0.2) is 54.0 Å². The van der Waals surface area contributed by atoms with E-state index in [2.05, 4.69) is 10.5 Å². The van der Waals surface area contributed by atoms with Crippen molar-refractivity contribution in [1.29, 1.82) is 0 Å². The first kappa shape index (κ1) is 19.2. The molecule has 0 aliphatic carbocycles. The molecule has 1 aliphatic rings. The molecule has 1 fully saturated rings. The van der Waals surface area contributed by atoms with Crippen molar-refractivity contribution in [2.24, 2.45) is 0 Å². The van der Waals surface area contributed by atoms with Crippen molar-refractivity contribution in [2.45, 2.75) is 31.5 Å². The van der Waals surface area contributed by atoms with Crippen molar-refractivity contribution in [3.05, 3.63) is 41.8 Å². The third-order valence-electron chi connectivity index (χ3n) is 4.76. The molecule has 1 amide bonds. The second-order valence-corrected chi connectivity index (χ2v) is 6.60. The lowest BCUT2D eigenvalue weighted by molar-refractivity contribution is -0.157. The summed E-state index contributed by atoms with van der Waals surface area (Å²) in [5.41, 5.74) is -0.603. The van der Waals surface area contributed by atoms with Gasteiger partial charge in [-0.1, -0.05) is 17.3 Å². The van der Waals surface area contributed by atoms with E-state index in [4.69, 9.17) is 14.0 Å². The Balaban J connectivity index is 1.67. The van der Waals surface area contributed by atoms with Gasteiger partial charge in [-0.15, -0.1) is 0 Å². The van der Waals surface area contributed by atoms with Gasteiger partial charge in [-0.3, -0.25) is 4.79 Å². The monoisotopic (exact) mass is 375 g/mol. The zero-order valence-corrected chi connectivity index (χ0v) is 15.6. The molecule has 2 aromatic rings. The first-order valence-electron chi connectivity index (χ1n) is 8.89. The molecule has 8 nitrogen and oxygen atoms in total. The van der Waals surface area contributed by atoms with Crippen molar-refractivity contribution in [3.8, 4) is 11.5 Å². The highest BCUT2D eigenvalue weighted by atomic mass is 16.5. The van der Waals surface area contributed by atoms with Gasteiger partial charge < -0.3 is 29.3 Å². The van der Waals surface area contributed by atoms with E-state index in [1.54, 1.807) is 31.4 Å². The largest absolute Gasteiger partial charge is 0.493 e. The molecule has 0 radical (unpaired) electrons. The number of carbonyl (C=O) groups is 1. The molecular weight excluding hydrogens is 350 g/mol. The zero-order valence-electron chi connectivity index (χ0n) is 15.6. The number of rotatable bonds is 8. The lowest BCUT2D eigenvalue weighted by Gasteiger charge is -2.38. The van der Waals surface area contributed by atoms with Crippen LogP contribution in [0, 0.1) is 0 Å². The summed E-state index contributed by atoms with van der Waals surface area (Å²) in [5, 5.41) is 17.6. The number of benzene rings is 1. The minimum atomic E-state index is -1.44. The van der Waals surface area contributed by atoms with Crippen LogP contribution in [0.4, 0.5) is 0 Å². The summed E-state index contributed by atoms with van der Waals surface area (Å²) in [6.07, 6.45) is 2.69. The lowest BCUT2D eigenvalue weighted by atomic mass is 9.91. The molecular formula is C19H25N3O5. The third-order valence-corrected chi connectivity index (χ3v) is 4.76. The van der Waals surface area contributed by atoms with E-state index in [0.717, 1.165) is 12.0 Å². The number of nitrogens with zero attached hydrogens (tertiary/aromatic N) is 2. The van der Waals surface area contributed by atoms with Crippen LogP contribution in [0.3, 0.4) is 0 Å². The Labute approximate surface area is 158 Å². The maximum Gasteiger partial charge on any atom is 0.256 e. The highest BCUT2D eigenvalue weighted by Gasteiger charge is 2.42. The maximum atomic E-state index is 12.9. The van der Waals surface area contributed by atoms with E-state index < -0.39 is 5.60 Å². The van der Waals surface area contributed by atoms with Crippen LogP contribution >= 0.6 is 0 Å². The Hall–Kier alpha value is -2.58. The number of amides is 1. The van der Waals surface area contributed by atoms with E-state index >= 15 is 0 Å². The molecule has 3 rings (SSSR count). The molecule has 0 saturated carbocycles. The summed E-state index contributed by atoms with van der Waals surface area (Å²) in [4.78, 5) is 14.6. The summed E-state index contributed by atoms with van der Waals surface area (Å²) in [6, 6.07) is 7.30. The lowest BCUT2D eigenvalue weighted by Crippen LogP contribution is -2.57. The van der Waals surface area contributed by atoms with Crippen LogP contribution in [0.5, 0.6) is 11.5 Å². The standard InChI is InChI=1S/C19H25N3O5/c1-25-16-6-3-5-14(17(16)26-2)12-22-10-4-8-19(24,18(22)23)13-20-11-15-7-9-21-27-15/h3,5-7,9,20,24H,4,8,10-13H2,1-2H3/t19-/m0/s1. The molecule has 1 aromatic carbocycles. The number of hydrogen-bond acceptors (Lipinski definition) is 7. The van der Waals surface area contributed by atoms with E-state index in [0.29, 0.717) is 43.3 Å². The number of carbonyl (C=O) groups excluding carboxylic acids is 1. The Kier molecular flexibility index (Phi) is 5.98. The number of para-hydroxylation sites is 1. The van der Waals surface area contributed by atoms with Crippen molar-refractivity contribution in [3.63, 3.8) is 0 Å². The fourth-order valence-electron chi connectivity index (χ4n) is 3.39. The number of methoxy groups -OCH3 is 2. The Morgan fingerprint density at radius 2 is 2.19 bits per heavy atom. The van der Waals surface area contributed by atoms with Gasteiger partial charge in [0.1, 0.15) is 5.76 Å². The summed E-state index contributed by atoms with van der Waals surface area (Å²) in [7, 11) is 3.15.